The van der Waals surface area contributed by atoms with Gasteiger partial charge in [-0.2, -0.15) is 9.61 Å². The summed E-state index contributed by atoms with van der Waals surface area (Å²) >= 11 is 0. The van der Waals surface area contributed by atoms with Crippen LogP contribution in [0.4, 0.5) is 5.69 Å². The van der Waals surface area contributed by atoms with Gasteiger partial charge in [0.15, 0.2) is 11.5 Å². The number of aryl methyl sites for hydroxylation is 1. The number of amides is 1. The summed E-state index contributed by atoms with van der Waals surface area (Å²) in [5.41, 5.74) is 3.36. The number of anilines is 1. The van der Waals surface area contributed by atoms with E-state index in [0.29, 0.717) is 6.54 Å². The molecule has 0 aliphatic rings. The van der Waals surface area contributed by atoms with E-state index in [1.165, 1.54) is 0 Å². The molecule has 0 fully saturated rings. The lowest BCUT2D eigenvalue weighted by molar-refractivity contribution is -0.116. The van der Waals surface area contributed by atoms with Crippen molar-refractivity contribution < 1.29 is 4.79 Å². The minimum absolute atomic E-state index is 0.0257. The molecule has 0 saturated carbocycles. The van der Waals surface area contributed by atoms with E-state index in [0.717, 1.165) is 28.4 Å². The molecule has 3 rings (SSSR count). The zero-order valence-corrected chi connectivity index (χ0v) is 12.8. The highest BCUT2D eigenvalue weighted by Crippen LogP contribution is 2.23. The van der Waals surface area contributed by atoms with Crippen molar-refractivity contribution in [3.8, 4) is 11.3 Å². The van der Waals surface area contributed by atoms with Crippen LogP contribution in [0, 0.1) is 6.92 Å². The van der Waals surface area contributed by atoms with Crippen LogP contribution < -0.4 is 4.90 Å². The Hall–Kier alpha value is -2.76. The summed E-state index contributed by atoms with van der Waals surface area (Å²) in [7, 11) is 0. The maximum Gasteiger partial charge on any atom is 0.223 e. The quantitative estimate of drug-likeness (QED) is 0.744. The number of carbonyl (C=O) groups is 1. The first-order valence-electron chi connectivity index (χ1n) is 7.17. The van der Waals surface area contributed by atoms with Gasteiger partial charge in [0.05, 0.1) is 5.69 Å². The number of aromatic nitrogens is 4. The number of hydrogen-bond acceptors (Lipinski definition) is 4. The fourth-order valence-corrected chi connectivity index (χ4v) is 2.47. The Morgan fingerprint density at radius 1 is 1.23 bits per heavy atom. The number of carbonyl (C=O) groups excluding carboxylic acids is 1. The van der Waals surface area contributed by atoms with Crippen molar-refractivity contribution in [2.45, 2.75) is 20.8 Å². The monoisotopic (exact) mass is 295 g/mol. The van der Waals surface area contributed by atoms with E-state index in [-0.39, 0.29) is 5.91 Å². The zero-order valence-electron chi connectivity index (χ0n) is 12.8. The average Bonchev–Trinajstić information content (AvgIpc) is 2.89. The molecule has 112 valence electrons. The molecule has 2 heterocycles. The lowest BCUT2D eigenvalue weighted by Gasteiger charge is -2.19. The first kappa shape index (κ1) is 14.2. The molecule has 1 amide bonds. The number of nitrogens with zero attached hydrogens (tertiary/aromatic N) is 5. The van der Waals surface area contributed by atoms with E-state index in [1.54, 1.807) is 16.3 Å². The summed E-state index contributed by atoms with van der Waals surface area (Å²) < 4.78 is 1.71. The number of rotatable bonds is 3. The smallest absolute Gasteiger partial charge is 0.223 e. The van der Waals surface area contributed by atoms with Crippen molar-refractivity contribution in [3.05, 3.63) is 42.2 Å². The molecule has 0 spiro atoms. The summed E-state index contributed by atoms with van der Waals surface area (Å²) in [5, 5.41) is 12.6. The molecule has 6 heteroatoms. The van der Waals surface area contributed by atoms with Gasteiger partial charge >= 0.3 is 0 Å². The van der Waals surface area contributed by atoms with E-state index in [4.69, 9.17) is 0 Å². The minimum atomic E-state index is 0.0257. The maximum absolute atomic E-state index is 11.7. The Morgan fingerprint density at radius 2 is 2.05 bits per heavy atom. The molecule has 0 N–H and O–H groups in total. The largest absolute Gasteiger partial charge is 0.313 e. The Labute approximate surface area is 128 Å². The molecule has 6 nitrogen and oxygen atoms in total. The van der Waals surface area contributed by atoms with Gasteiger partial charge in [0.25, 0.3) is 0 Å². The first-order valence-corrected chi connectivity index (χ1v) is 7.17. The van der Waals surface area contributed by atoms with Crippen LogP contribution in [0.25, 0.3) is 16.9 Å². The second-order valence-electron chi connectivity index (χ2n) is 5.05. The topological polar surface area (TPSA) is 63.4 Å². The third kappa shape index (κ3) is 2.43. The van der Waals surface area contributed by atoms with Crippen LogP contribution in [0.5, 0.6) is 0 Å². The summed E-state index contributed by atoms with van der Waals surface area (Å²) in [4.78, 5) is 13.4. The predicted octanol–water partition coefficient (Wildman–Crippen LogP) is 2.47. The van der Waals surface area contributed by atoms with Crippen LogP contribution >= 0.6 is 0 Å². The number of benzene rings is 1. The highest BCUT2D eigenvalue weighted by molar-refractivity contribution is 5.92. The number of hydrogen-bond donors (Lipinski definition) is 0. The van der Waals surface area contributed by atoms with E-state index in [2.05, 4.69) is 15.3 Å². The number of fused-ring (bicyclic) bond motifs is 1. The summed E-state index contributed by atoms with van der Waals surface area (Å²) in [6, 6.07) is 11.6. The fraction of sp³-hybridized carbons (Fsp3) is 0.250. The molecular formula is C16H17N5O. The summed E-state index contributed by atoms with van der Waals surface area (Å²) in [5.74, 6) is 0.768. The molecule has 0 radical (unpaired) electrons. The molecule has 1 aromatic carbocycles. The molecule has 2 aromatic heterocycles. The third-order valence-electron chi connectivity index (χ3n) is 3.57. The van der Waals surface area contributed by atoms with Crippen molar-refractivity contribution in [2.75, 3.05) is 11.4 Å². The van der Waals surface area contributed by atoms with Crippen LogP contribution in [-0.4, -0.2) is 32.3 Å². The molecule has 0 bridgehead atoms. The zero-order chi connectivity index (χ0) is 15.7. The Bertz CT molecular complexity index is 839. The van der Waals surface area contributed by atoms with Gasteiger partial charge < -0.3 is 4.90 Å². The normalized spacial score (nSPS) is 10.9. The molecule has 0 saturated heterocycles. The fourth-order valence-electron chi connectivity index (χ4n) is 2.47. The average molecular weight is 295 g/mol. The standard InChI is InChI=1S/C16H17N5O/c1-4-20(12(3)22)14-7-5-6-13(10-14)15-8-9-16-18-17-11(2)21(16)19-15/h5-10H,4H2,1-3H3. The van der Waals surface area contributed by atoms with Crippen LogP contribution in [0.1, 0.15) is 19.7 Å². The van der Waals surface area contributed by atoms with Gasteiger partial charge in [0, 0.05) is 24.7 Å². The van der Waals surface area contributed by atoms with Gasteiger partial charge in [-0.1, -0.05) is 12.1 Å². The van der Waals surface area contributed by atoms with E-state index < -0.39 is 0 Å². The molecule has 0 aliphatic carbocycles. The van der Waals surface area contributed by atoms with Gasteiger partial charge in [-0.3, -0.25) is 4.79 Å². The second-order valence-corrected chi connectivity index (χ2v) is 5.05. The van der Waals surface area contributed by atoms with Crippen molar-refractivity contribution in [2.24, 2.45) is 0 Å². The van der Waals surface area contributed by atoms with Crippen LogP contribution in [-0.2, 0) is 4.79 Å². The van der Waals surface area contributed by atoms with Crippen molar-refractivity contribution >= 4 is 17.2 Å². The highest BCUT2D eigenvalue weighted by atomic mass is 16.2. The Morgan fingerprint density at radius 3 is 2.77 bits per heavy atom. The molecule has 0 atom stereocenters. The third-order valence-corrected chi connectivity index (χ3v) is 3.57. The van der Waals surface area contributed by atoms with Gasteiger partial charge in [0.1, 0.15) is 0 Å². The molecule has 22 heavy (non-hydrogen) atoms. The van der Waals surface area contributed by atoms with Crippen LogP contribution in [0.3, 0.4) is 0 Å². The van der Waals surface area contributed by atoms with Gasteiger partial charge in [-0.25, -0.2) is 0 Å². The van der Waals surface area contributed by atoms with Crippen LogP contribution in [0.15, 0.2) is 36.4 Å². The van der Waals surface area contributed by atoms with E-state index in [9.17, 15) is 4.79 Å². The van der Waals surface area contributed by atoms with Crippen molar-refractivity contribution in [3.63, 3.8) is 0 Å². The Kier molecular flexibility index (Phi) is 3.58. The van der Waals surface area contributed by atoms with Gasteiger partial charge in [-0.15, -0.1) is 10.2 Å². The highest BCUT2D eigenvalue weighted by Gasteiger charge is 2.11. The minimum Gasteiger partial charge on any atom is -0.313 e. The van der Waals surface area contributed by atoms with E-state index in [1.807, 2.05) is 50.2 Å². The molecular weight excluding hydrogens is 278 g/mol. The van der Waals surface area contributed by atoms with Crippen LogP contribution in [0.2, 0.25) is 0 Å². The molecule has 0 unspecified atom stereocenters. The Balaban J connectivity index is 2.06. The lowest BCUT2D eigenvalue weighted by Crippen LogP contribution is -2.27. The second kappa shape index (κ2) is 5.55. The van der Waals surface area contributed by atoms with Gasteiger partial charge in [0.2, 0.25) is 5.91 Å². The predicted molar refractivity (Wildman–Crippen MR) is 84.7 cm³/mol. The molecule has 0 aliphatic heterocycles. The maximum atomic E-state index is 11.7. The lowest BCUT2D eigenvalue weighted by atomic mass is 10.1. The summed E-state index contributed by atoms with van der Waals surface area (Å²) in [6.07, 6.45) is 0. The van der Waals surface area contributed by atoms with E-state index >= 15 is 0 Å². The van der Waals surface area contributed by atoms with Crippen molar-refractivity contribution in [1.29, 1.82) is 0 Å². The van der Waals surface area contributed by atoms with Gasteiger partial charge in [-0.05, 0) is 38.1 Å². The van der Waals surface area contributed by atoms with Crippen molar-refractivity contribution in [1.82, 2.24) is 19.8 Å². The summed E-state index contributed by atoms with van der Waals surface area (Å²) in [6.45, 7) is 6.03. The molecule has 3 aromatic rings. The SMILES string of the molecule is CCN(C(C)=O)c1cccc(-c2ccc3nnc(C)n3n2)c1. The first-order chi connectivity index (χ1) is 10.6.